The third-order valence-corrected chi connectivity index (χ3v) is 3.46. The molecule has 102 valence electrons. The van der Waals surface area contributed by atoms with Crippen LogP contribution >= 0.6 is 15.9 Å². The van der Waals surface area contributed by atoms with Crippen molar-refractivity contribution < 1.29 is 9.47 Å². The van der Waals surface area contributed by atoms with Crippen molar-refractivity contribution in [1.29, 1.82) is 0 Å². The molecule has 18 heavy (non-hydrogen) atoms. The molecule has 1 rings (SSSR count). The molecule has 1 aromatic carbocycles. The Hall–Kier alpha value is -0.420. The Labute approximate surface area is 118 Å². The van der Waals surface area contributed by atoms with Gasteiger partial charge >= 0.3 is 0 Å². The molecule has 0 amide bonds. The smallest absolute Gasteiger partial charge is 0.169 e. The van der Waals surface area contributed by atoms with Crippen LogP contribution in [0.3, 0.4) is 0 Å². The van der Waals surface area contributed by atoms with E-state index in [0.717, 1.165) is 11.0 Å². The molecule has 0 saturated heterocycles. The number of hydrogen-bond acceptors (Lipinski definition) is 3. The Morgan fingerprint density at radius 1 is 1.22 bits per heavy atom. The summed E-state index contributed by atoms with van der Waals surface area (Å²) in [4.78, 5) is 0. The second kappa shape index (κ2) is 8.64. The normalized spacial score (nSPS) is 11.2. The minimum absolute atomic E-state index is 0.156. The number of rotatable bonds is 8. The third-order valence-electron chi connectivity index (χ3n) is 2.57. The summed E-state index contributed by atoms with van der Waals surface area (Å²) in [6, 6.07) is 6.36. The van der Waals surface area contributed by atoms with Crippen molar-refractivity contribution >= 4 is 15.9 Å². The molecule has 1 aromatic rings. The van der Waals surface area contributed by atoms with E-state index in [2.05, 4.69) is 46.4 Å². The molecule has 1 N–H and O–H groups in total. The molecule has 0 atom stereocenters. The summed E-state index contributed by atoms with van der Waals surface area (Å²) < 4.78 is 12.1. The maximum absolute atomic E-state index is 5.47. The van der Waals surface area contributed by atoms with Gasteiger partial charge in [0.15, 0.2) is 6.29 Å². The summed E-state index contributed by atoms with van der Waals surface area (Å²) in [5, 5.41) is 3.35. The molecule has 0 heterocycles. The topological polar surface area (TPSA) is 30.5 Å². The van der Waals surface area contributed by atoms with Gasteiger partial charge in [-0.25, -0.2) is 0 Å². The van der Waals surface area contributed by atoms with Crippen LogP contribution in [0.1, 0.15) is 25.0 Å². The van der Waals surface area contributed by atoms with Crippen LogP contribution in [-0.4, -0.2) is 26.0 Å². The molecular formula is C14H22BrNO2. The highest BCUT2D eigenvalue weighted by atomic mass is 79.9. The summed E-state index contributed by atoms with van der Waals surface area (Å²) in [6.07, 6.45) is -0.156. The predicted molar refractivity (Wildman–Crippen MR) is 77.6 cm³/mol. The van der Waals surface area contributed by atoms with Gasteiger partial charge in [0.25, 0.3) is 0 Å². The van der Waals surface area contributed by atoms with E-state index >= 15 is 0 Å². The first-order valence-electron chi connectivity index (χ1n) is 6.36. The van der Waals surface area contributed by atoms with Crippen molar-refractivity contribution in [2.24, 2.45) is 0 Å². The van der Waals surface area contributed by atoms with Crippen molar-refractivity contribution in [2.45, 2.75) is 33.6 Å². The molecule has 4 heteroatoms. The van der Waals surface area contributed by atoms with Gasteiger partial charge in [-0.05, 0) is 38.0 Å². The first-order chi connectivity index (χ1) is 8.67. The molecular weight excluding hydrogens is 294 g/mol. The van der Waals surface area contributed by atoms with Gasteiger partial charge in [-0.2, -0.15) is 0 Å². The molecule has 0 saturated carbocycles. The van der Waals surface area contributed by atoms with Crippen LogP contribution in [-0.2, 0) is 16.0 Å². The lowest BCUT2D eigenvalue weighted by atomic mass is 10.1. The number of aryl methyl sites for hydroxylation is 1. The van der Waals surface area contributed by atoms with Gasteiger partial charge in [-0.15, -0.1) is 0 Å². The molecule has 0 fully saturated rings. The molecule has 3 nitrogen and oxygen atoms in total. The lowest BCUT2D eigenvalue weighted by Crippen LogP contribution is -2.31. The van der Waals surface area contributed by atoms with Crippen LogP contribution in [0.5, 0.6) is 0 Å². The van der Waals surface area contributed by atoms with E-state index in [1.165, 1.54) is 11.1 Å². The molecule has 0 aliphatic rings. The van der Waals surface area contributed by atoms with Gasteiger partial charge in [-0.1, -0.05) is 28.1 Å². The van der Waals surface area contributed by atoms with Crippen molar-refractivity contribution in [3.63, 3.8) is 0 Å². The first kappa shape index (κ1) is 15.6. The fourth-order valence-corrected chi connectivity index (χ4v) is 1.94. The van der Waals surface area contributed by atoms with Crippen molar-refractivity contribution in [3.05, 3.63) is 33.8 Å². The molecule has 0 bridgehead atoms. The largest absolute Gasteiger partial charge is 0.352 e. The van der Waals surface area contributed by atoms with E-state index in [1.807, 2.05) is 13.8 Å². The quantitative estimate of drug-likeness (QED) is 0.747. The number of nitrogens with one attached hydrogen (secondary N) is 1. The molecule has 0 aliphatic carbocycles. The number of benzene rings is 1. The van der Waals surface area contributed by atoms with E-state index in [4.69, 9.17) is 9.47 Å². The average Bonchev–Trinajstić information content (AvgIpc) is 2.34. The van der Waals surface area contributed by atoms with Crippen LogP contribution in [0, 0.1) is 6.92 Å². The van der Waals surface area contributed by atoms with Crippen molar-refractivity contribution in [1.82, 2.24) is 5.32 Å². The van der Waals surface area contributed by atoms with Gasteiger partial charge < -0.3 is 14.8 Å². The summed E-state index contributed by atoms with van der Waals surface area (Å²) in [5.74, 6) is 0. The Morgan fingerprint density at radius 3 is 2.44 bits per heavy atom. The zero-order chi connectivity index (χ0) is 13.4. The lowest BCUT2D eigenvalue weighted by molar-refractivity contribution is -0.133. The zero-order valence-electron chi connectivity index (χ0n) is 11.3. The van der Waals surface area contributed by atoms with E-state index in [1.54, 1.807) is 0 Å². The average molecular weight is 316 g/mol. The summed E-state index contributed by atoms with van der Waals surface area (Å²) >= 11 is 3.50. The minimum Gasteiger partial charge on any atom is -0.352 e. The predicted octanol–water partition coefficient (Wildman–Crippen LogP) is 3.25. The van der Waals surface area contributed by atoms with Crippen molar-refractivity contribution in [2.75, 3.05) is 19.8 Å². The summed E-state index contributed by atoms with van der Waals surface area (Å²) in [5.41, 5.74) is 2.52. The zero-order valence-corrected chi connectivity index (χ0v) is 12.9. The van der Waals surface area contributed by atoms with Crippen LogP contribution in [0.15, 0.2) is 22.7 Å². The fourth-order valence-electron chi connectivity index (χ4n) is 1.69. The number of ether oxygens (including phenoxy) is 2. The maximum atomic E-state index is 5.47. The Morgan fingerprint density at radius 2 is 1.89 bits per heavy atom. The van der Waals surface area contributed by atoms with Gasteiger partial charge in [-0.3, -0.25) is 0 Å². The highest BCUT2D eigenvalue weighted by Crippen LogP contribution is 2.16. The molecule has 0 unspecified atom stereocenters. The second-order valence-corrected chi connectivity index (χ2v) is 4.91. The van der Waals surface area contributed by atoms with Crippen LogP contribution in [0.4, 0.5) is 0 Å². The molecule has 0 aromatic heterocycles. The molecule has 0 aliphatic heterocycles. The highest BCUT2D eigenvalue weighted by Gasteiger charge is 2.06. The van der Waals surface area contributed by atoms with E-state index in [0.29, 0.717) is 19.8 Å². The third kappa shape index (κ3) is 5.48. The summed E-state index contributed by atoms with van der Waals surface area (Å²) in [7, 11) is 0. The minimum atomic E-state index is -0.156. The van der Waals surface area contributed by atoms with Crippen molar-refractivity contribution in [3.8, 4) is 0 Å². The van der Waals surface area contributed by atoms with E-state index in [-0.39, 0.29) is 6.29 Å². The van der Waals surface area contributed by atoms with Crippen LogP contribution in [0.25, 0.3) is 0 Å². The van der Waals surface area contributed by atoms with Crippen LogP contribution in [0.2, 0.25) is 0 Å². The van der Waals surface area contributed by atoms with Crippen LogP contribution < -0.4 is 5.32 Å². The maximum Gasteiger partial charge on any atom is 0.169 e. The number of hydrogen-bond donors (Lipinski definition) is 1. The highest BCUT2D eigenvalue weighted by molar-refractivity contribution is 9.10. The van der Waals surface area contributed by atoms with Gasteiger partial charge in [0.1, 0.15) is 0 Å². The Kier molecular flexibility index (Phi) is 7.51. The summed E-state index contributed by atoms with van der Waals surface area (Å²) in [6.45, 7) is 8.92. The standard InChI is InChI=1S/C14H22BrNO2/c1-4-17-14(18-5-2)10-16-9-12-6-7-13(15)11(3)8-12/h6-8,14,16H,4-5,9-10H2,1-3H3. The van der Waals surface area contributed by atoms with Gasteiger partial charge in [0.05, 0.1) is 0 Å². The molecule has 0 spiro atoms. The van der Waals surface area contributed by atoms with E-state index in [9.17, 15) is 0 Å². The van der Waals surface area contributed by atoms with Gasteiger partial charge in [0, 0.05) is 30.8 Å². The first-order valence-corrected chi connectivity index (χ1v) is 7.15. The van der Waals surface area contributed by atoms with E-state index < -0.39 is 0 Å². The second-order valence-electron chi connectivity index (χ2n) is 4.05. The molecule has 0 radical (unpaired) electrons. The SMILES string of the molecule is CCOC(CNCc1ccc(Br)c(C)c1)OCC. The number of halogens is 1. The van der Waals surface area contributed by atoms with Gasteiger partial charge in [0.2, 0.25) is 0 Å². The fraction of sp³-hybridized carbons (Fsp3) is 0.571. The Bertz CT molecular complexity index is 352. The monoisotopic (exact) mass is 315 g/mol. The Balaban J connectivity index is 2.37. The lowest BCUT2D eigenvalue weighted by Gasteiger charge is -2.17.